The number of rotatable bonds is 4. The quantitative estimate of drug-likeness (QED) is 0.793. The fraction of sp³-hybridized carbons (Fsp3) is 0.412. The van der Waals surface area contributed by atoms with Crippen LogP contribution in [-0.2, 0) is 11.3 Å². The highest BCUT2D eigenvalue weighted by Crippen LogP contribution is 2.30. The first-order valence-corrected chi connectivity index (χ1v) is 8.05. The van der Waals surface area contributed by atoms with Crippen molar-refractivity contribution in [2.24, 2.45) is 0 Å². The summed E-state index contributed by atoms with van der Waals surface area (Å²) in [7, 11) is 0. The molecule has 1 aliphatic heterocycles. The van der Waals surface area contributed by atoms with Crippen LogP contribution in [0.15, 0.2) is 33.4 Å². The third kappa shape index (κ3) is 2.76. The van der Waals surface area contributed by atoms with E-state index in [2.05, 4.69) is 20.3 Å². The van der Waals surface area contributed by atoms with Gasteiger partial charge in [-0.15, -0.1) is 0 Å². The summed E-state index contributed by atoms with van der Waals surface area (Å²) in [6.07, 6.45) is 1.62. The predicted molar refractivity (Wildman–Crippen MR) is 86.2 cm³/mol. The van der Waals surface area contributed by atoms with E-state index in [-0.39, 0.29) is 6.04 Å². The zero-order chi connectivity index (χ0) is 16.5. The van der Waals surface area contributed by atoms with Gasteiger partial charge in [0.1, 0.15) is 0 Å². The number of morpholine rings is 1. The Labute approximate surface area is 139 Å². The largest absolute Gasteiger partial charge is 0.461 e. The zero-order valence-electron chi connectivity index (χ0n) is 13.8. The molecular weight excluding hydrogens is 308 g/mol. The molecule has 126 valence electrons. The van der Waals surface area contributed by atoms with E-state index < -0.39 is 0 Å². The molecule has 0 aromatic carbocycles. The summed E-state index contributed by atoms with van der Waals surface area (Å²) in [4.78, 5) is 2.36. The normalized spacial score (nSPS) is 19.0. The molecule has 0 bridgehead atoms. The number of hydrogen-bond acceptors (Lipinski definition) is 6. The van der Waals surface area contributed by atoms with Gasteiger partial charge in [0.15, 0.2) is 5.76 Å². The maximum atomic E-state index is 5.71. The molecule has 7 nitrogen and oxygen atoms in total. The van der Waals surface area contributed by atoms with Gasteiger partial charge in [0.05, 0.1) is 36.9 Å². The third-order valence-electron chi connectivity index (χ3n) is 4.45. The lowest BCUT2D eigenvalue weighted by molar-refractivity contribution is -0.0140. The summed E-state index contributed by atoms with van der Waals surface area (Å²) in [5.74, 6) is 1.34. The Balaban J connectivity index is 1.56. The number of aromatic amines is 1. The zero-order valence-corrected chi connectivity index (χ0v) is 13.8. The summed E-state index contributed by atoms with van der Waals surface area (Å²) in [6.45, 7) is 6.99. The van der Waals surface area contributed by atoms with Crippen molar-refractivity contribution in [2.75, 3.05) is 19.8 Å². The molecule has 3 aromatic rings. The minimum atomic E-state index is 0.168. The minimum Gasteiger partial charge on any atom is -0.461 e. The molecule has 1 aliphatic rings. The van der Waals surface area contributed by atoms with Gasteiger partial charge >= 0.3 is 0 Å². The molecule has 1 atom stereocenters. The van der Waals surface area contributed by atoms with Crippen molar-refractivity contribution in [3.63, 3.8) is 0 Å². The molecule has 0 spiro atoms. The van der Waals surface area contributed by atoms with Gasteiger partial charge in [-0.05, 0) is 26.0 Å². The fourth-order valence-electron chi connectivity index (χ4n) is 3.27. The number of nitrogens with one attached hydrogen (secondary N) is 1. The fourth-order valence-corrected chi connectivity index (χ4v) is 3.27. The van der Waals surface area contributed by atoms with Crippen LogP contribution in [0.4, 0.5) is 0 Å². The molecule has 24 heavy (non-hydrogen) atoms. The highest BCUT2D eigenvalue weighted by Gasteiger charge is 2.29. The van der Waals surface area contributed by atoms with E-state index in [1.54, 1.807) is 6.26 Å². The molecule has 1 saturated heterocycles. The highest BCUT2D eigenvalue weighted by atomic mass is 16.5. The van der Waals surface area contributed by atoms with Crippen LogP contribution in [0.1, 0.15) is 28.7 Å². The molecule has 1 N–H and O–H groups in total. The Morgan fingerprint density at radius 1 is 1.33 bits per heavy atom. The Morgan fingerprint density at radius 3 is 3.00 bits per heavy atom. The maximum Gasteiger partial charge on any atom is 0.202 e. The Bertz CT molecular complexity index is 786. The van der Waals surface area contributed by atoms with Gasteiger partial charge in [0.2, 0.25) is 5.76 Å². The van der Waals surface area contributed by atoms with Gasteiger partial charge < -0.3 is 13.7 Å². The monoisotopic (exact) mass is 328 g/mol. The molecule has 0 amide bonds. The van der Waals surface area contributed by atoms with Crippen LogP contribution in [0, 0.1) is 13.8 Å². The van der Waals surface area contributed by atoms with Crippen molar-refractivity contribution >= 4 is 0 Å². The molecule has 3 aromatic heterocycles. The lowest BCUT2D eigenvalue weighted by atomic mass is 10.0. The van der Waals surface area contributed by atoms with Gasteiger partial charge in [-0.25, -0.2) is 0 Å². The smallest absolute Gasteiger partial charge is 0.202 e. The van der Waals surface area contributed by atoms with Crippen molar-refractivity contribution in [3.05, 3.63) is 47.1 Å². The number of H-pyrrole nitrogens is 1. The third-order valence-corrected chi connectivity index (χ3v) is 4.45. The second kappa shape index (κ2) is 6.26. The van der Waals surface area contributed by atoms with E-state index in [4.69, 9.17) is 13.7 Å². The summed E-state index contributed by atoms with van der Waals surface area (Å²) in [6, 6.07) is 5.79. The Morgan fingerprint density at radius 2 is 2.25 bits per heavy atom. The highest BCUT2D eigenvalue weighted by molar-refractivity contribution is 5.49. The Kier molecular flexibility index (Phi) is 3.95. The van der Waals surface area contributed by atoms with Crippen LogP contribution in [0.5, 0.6) is 0 Å². The SMILES string of the molecule is Cc1n[nH]c(C)c1C1COCCN1Cc1cc(-c2ccco2)on1. The van der Waals surface area contributed by atoms with E-state index in [1.165, 1.54) is 5.56 Å². The first-order chi connectivity index (χ1) is 11.7. The first-order valence-electron chi connectivity index (χ1n) is 8.05. The van der Waals surface area contributed by atoms with E-state index in [0.717, 1.165) is 30.2 Å². The van der Waals surface area contributed by atoms with Crippen molar-refractivity contribution in [2.45, 2.75) is 26.4 Å². The van der Waals surface area contributed by atoms with Crippen LogP contribution in [0.25, 0.3) is 11.5 Å². The number of nitrogens with zero attached hydrogens (tertiary/aromatic N) is 3. The summed E-state index contributed by atoms with van der Waals surface area (Å²) in [5, 5.41) is 11.6. The van der Waals surface area contributed by atoms with E-state index in [9.17, 15) is 0 Å². The molecule has 0 aliphatic carbocycles. The summed E-state index contributed by atoms with van der Waals surface area (Å²) in [5.41, 5.74) is 4.20. The van der Waals surface area contributed by atoms with Gasteiger partial charge in [0.25, 0.3) is 0 Å². The molecule has 1 unspecified atom stereocenters. The number of hydrogen-bond donors (Lipinski definition) is 1. The van der Waals surface area contributed by atoms with E-state index in [1.807, 2.05) is 32.0 Å². The van der Waals surface area contributed by atoms with E-state index in [0.29, 0.717) is 24.7 Å². The second-order valence-corrected chi connectivity index (χ2v) is 6.07. The first kappa shape index (κ1) is 15.2. The van der Waals surface area contributed by atoms with Crippen LogP contribution in [0.3, 0.4) is 0 Å². The number of ether oxygens (including phenoxy) is 1. The van der Waals surface area contributed by atoms with Crippen molar-refractivity contribution in [1.82, 2.24) is 20.3 Å². The average Bonchev–Trinajstić information content (AvgIpc) is 3.30. The number of furan rings is 1. The standard InChI is InChI=1S/C17H20N4O3/c1-11-17(12(2)19-18-11)14-10-22-7-5-21(14)9-13-8-16(24-20-13)15-4-3-6-23-15/h3-4,6,8,14H,5,7,9-10H2,1-2H3,(H,18,19). The topological polar surface area (TPSA) is 80.3 Å². The molecule has 7 heteroatoms. The van der Waals surface area contributed by atoms with Crippen molar-refractivity contribution in [3.8, 4) is 11.5 Å². The minimum absolute atomic E-state index is 0.168. The number of aryl methyl sites for hydroxylation is 2. The lowest BCUT2D eigenvalue weighted by Gasteiger charge is -2.35. The number of aromatic nitrogens is 3. The van der Waals surface area contributed by atoms with Gasteiger partial charge in [-0.2, -0.15) is 5.10 Å². The molecule has 4 heterocycles. The maximum absolute atomic E-state index is 5.71. The predicted octanol–water partition coefficient (Wildman–Crippen LogP) is 2.85. The molecule has 0 radical (unpaired) electrons. The molecule has 0 saturated carbocycles. The van der Waals surface area contributed by atoms with Gasteiger partial charge in [-0.3, -0.25) is 10.00 Å². The summed E-state index contributed by atoms with van der Waals surface area (Å²) >= 11 is 0. The molecule has 4 rings (SSSR count). The van der Waals surface area contributed by atoms with E-state index >= 15 is 0 Å². The molecular formula is C17H20N4O3. The van der Waals surface area contributed by atoms with Crippen molar-refractivity contribution < 1.29 is 13.7 Å². The average molecular weight is 328 g/mol. The lowest BCUT2D eigenvalue weighted by Crippen LogP contribution is -2.39. The summed E-state index contributed by atoms with van der Waals surface area (Å²) < 4.78 is 16.5. The second-order valence-electron chi connectivity index (χ2n) is 6.07. The van der Waals surface area contributed by atoms with Gasteiger partial charge in [-0.1, -0.05) is 5.16 Å². The van der Waals surface area contributed by atoms with Crippen LogP contribution in [-0.4, -0.2) is 40.0 Å². The van der Waals surface area contributed by atoms with Gasteiger partial charge in [0, 0.05) is 30.4 Å². The van der Waals surface area contributed by atoms with Crippen LogP contribution < -0.4 is 0 Å². The van der Waals surface area contributed by atoms with Crippen molar-refractivity contribution in [1.29, 1.82) is 0 Å². The molecule has 1 fully saturated rings. The van der Waals surface area contributed by atoms with Crippen LogP contribution >= 0.6 is 0 Å². The van der Waals surface area contributed by atoms with Crippen LogP contribution in [0.2, 0.25) is 0 Å². The Hall–Kier alpha value is -2.38.